The van der Waals surface area contributed by atoms with E-state index in [4.69, 9.17) is 15.2 Å². The van der Waals surface area contributed by atoms with Crippen molar-refractivity contribution in [2.45, 2.75) is 19.0 Å². The highest BCUT2D eigenvalue weighted by atomic mass is 32.2. The second-order valence-electron chi connectivity index (χ2n) is 3.56. The van der Waals surface area contributed by atoms with Crippen molar-refractivity contribution in [2.24, 2.45) is 5.73 Å². The van der Waals surface area contributed by atoms with Crippen LogP contribution in [0, 0.1) is 0 Å². The first-order valence-electron chi connectivity index (χ1n) is 5.75. The Balaban J connectivity index is 2.56. The molecule has 0 unspecified atom stereocenters. The Morgan fingerprint density at radius 1 is 1.21 bits per heavy atom. The monoisotopic (exact) mass is 295 g/mol. The molecule has 108 valence electrons. The molecule has 0 atom stereocenters. The fraction of sp³-hybridized carbons (Fsp3) is 0.500. The largest absolute Gasteiger partial charge is 0.490 e. The molecule has 0 aliphatic rings. The van der Waals surface area contributed by atoms with E-state index in [1.54, 1.807) is 18.2 Å². The Hall–Kier alpha value is -1.08. The zero-order valence-electron chi connectivity index (χ0n) is 10.5. The Kier molecular flexibility index (Phi) is 6.30. The average molecular weight is 295 g/mol. The van der Waals surface area contributed by atoms with Crippen molar-refractivity contribution in [3.8, 4) is 11.5 Å². The van der Waals surface area contributed by atoms with Crippen molar-refractivity contribution in [3.63, 3.8) is 0 Å². The average Bonchev–Trinajstić information content (AvgIpc) is 2.35. The molecule has 0 amide bonds. The van der Waals surface area contributed by atoms with Gasteiger partial charge >= 0.3 is 5.51 Å². The van der Waals surface area contributed by atoms with E-state index in [9.17, 15) is 13.2 Å². The summed E-state index contributed by atoms with van der Waals surface area (Å²) in [6.45, 7) is 2.59. The number of benzene rings is 1. The summed E-state index contributed by atoms with van der Waals surface area (Å²) < 4.78 is 46.5. The molecule has 1 rings (SSSR count). The van der Waals surface area contributed by atoms with Crippen molar-refractivity contribution in [1.29, 1.82) is 0 Å². The second kappa shape index (κ2) is 7.49. The first-order chi connectivity index (χ1) is 8.96. The molecule has 0 bridgehead atoms. The van der Waals surface area contributed by atoms with Crippen LogP contribution in [-0.4, -0.2) is 24.5 Å². The summed E-state index contributed by atoms with van der Waals surface area (Å²) in [7, 11) is 0. The van der Waals surface area contributed by atoms with Gasteiger partial charge in [0.05, 0.1) is 13.2 Å². The Morgan fingerprint density at radius 2 is 1.95 bits per heavy atom. The van der Waals surface area contributed by atoms with Crippen LogP contribution in [0.4, 0.5) is 13.2 Å². The van der Waals surface area contributed by atoms with E-state index < -0.39 is 5.51 Å². The van der Waals surface area contributed by atoms with Gasteiger partial charge in [-0.05, 0) is 36.4 Å². The molecule has 19 heavy (non-hydrogen) atoms. The van der Waals surface area contributed by atoms with E-state index in [0.29, 0.717) is 24.7 Å². The molecule has 0 aromatic heterocycles. The zero-order chi connectivity index (χ0) is 14.3. The molecule has 2 N–H and O–H groups in total. The van der Waals surface area contributed by atoms with Gasteiger partial charge in [-0.25, -0.2) is 0 Å². The number of thioether (sulfide) groups is 1. The van der Waals surface area contributed by atoms with Gasteiger partial charge in [-0.2, -0.15) is 13.2 Å². The Labute approximate surface area is 114 Å². The minimum atomic E-state index is -4.23. The summed E-state index contributed by atoms with van der Waals surface area (Å²) in [4.78, 5) is 0. The van der Waals surface area contributed by atoms with E-state index in [0.717, 1.165) is 5.56 Å². The summed E-state index contributed by atoms with van der Waals surface area (Å²) in [5.41, 5.74) is 2.16. The number of hydrogen-bond donors (Lipinski definition) is 1. The molecule has 1 aromatic rings. The lowest BCUT2D eigenvalue weighted by atomic mass is 10.2. The highest BCUT2D eigenvalue weighted by Gasteiger charge is 2.27. The van der Waals surface area contributed by atoms with E-state index >= 15 is 0 Å². The maximum absolute atomic E-state index is 11.9. The van der Waals surface area contributed by atoms with Crippen molar-refractivity contribution in [1.82, 2.24) is 0 Å². The molecule has 0 heterocycles. The molecule has 3 nitrogen and oxygen atoms in total. The van der Waals surface area contributed by atoms with Crippen LogP contribution in [0.3, 0.4) is 0 Å². The molecule has 7 heteroatoms. The highest BCUT2D eigenvalue weighted by molar-refractivity contribution is 8.00. The molecular formula is C12H16F3NO2S. The molecule has 1 aromatic carbocycles. The molecule has 0 aliphatic heterocycles. The molecule has 0 saturated heterocycles. The maximum atomic E-state index is 11.9. The Morgan fingerprint density at radius 3 is 2.53 bits per heavy atom. The van der Waals surface area contributed by atoms with Crippen LogP contribution in [0.5, 0.6) is 11.5 Å². The van der Waals surface area contributed by atoms with Gasteiger partial charge < -0.3 is 15.2 Å². The predicted octanol–water partition coefficient (Wildman–Crippen LogP) is 3.18. The molecule has 0 radical (unpaired) electrons. The summed E-state index contributed by atoms with van der Waals surface area (Å²) >= 11 is -0.106. The number of nitrogens with two attached hydrogens (primary N) is 1. The third-order valence-electron chi connectivity index (χ3n) is 2.15. The highest BCUT2D eigenvalue weighted by Crippen LogP contribution is 2.31. The third-order valence-corrected chi connectivity index (χ3v) is 2.85. The number of rotatable bonds is 7. The number of alkyl halides is 3. The summed E-state index contributed by atoms with van der Waals surface area (Å²) in [5.74, 6) is 0.775. The van der Waals surface area contributed by atoms with E-state index in [-0.39, 0.29) is 24.1 Å². The molecule has 0 saturated carbocycles. The number of hydrogen-bond acceptors (Lipinski definition) is 4. The minimum Gasteiger partial charge on any atom is -0.490 e. The standard InChI is InChI=1S/C12H16F3NO2S/c1-2-17-11-7-9(8-16)3-4-10(11)18-5-6-19-12(13,14)15/h3-4,7H,2,5-6,8,16H2,1H3. The van der Waals surface area contributed by atoms with Gasteiger partial charge in [-0.15, -0.1) is 0 Å². The first kappa shape index (κ1) is 16.0. The van der Waals surface area contributed by atoms with Crippen molar-refractivity contribution >= 4 is 11.8 Å². The molecule has 0 aliphatic carbocycles. The van der Waals surface area contributed by atoms with Crippen LogP contribution >= 0.6 is 11.8 Å². The minimum absolute atomic E-state index is 0.0355. The lowest BCUT2D eigenvalue weighted by Crippen LogP contribution is -2.08. The summed E-state index contributed by atoms with van der Waals surface area (Å²) in [5, 5.41) is 0. The van der Waals surface area contributed by atoms with Gasteiger partial charge in [0.25, 0.3) is 0 Å². The van der Waals surface area contributed by atoms with Crippen molar-refractivity contribution in [3.05, 3.63) is 23.8 Å². The van der Waals surface area contributed by atoms with Crippen molar-refractivity contribution in [2.75, 3.05) is 19.0 Å². The van der Waals surface area contributed by atoms with E-state index in [2.05, 4.69) is 0 Å². The molecular weight excluding hydrogens is 279 g/mol. The Bertz CT molecular complexity index is 399. The third kappa shape index (κ3) is 6.07. The fourth-order valence-electron chi connectivity index (χ4n) is 1.38. The number of halogens is 3. The smallest absolute Gasteiger partial charge is 0.441 e. The van der Waals surface area contributed by atoms with Crippen LogP contribution in [0.2, 0.25) is 0 Å². The molecule has 0 spiro atoms. The fourth-order valence-corrected chi connectivity index (χ4v) is 1.77. The van der Waals surface area contributed by atoms with Gasteiger partial charge in [0.1, 0.15) is 0 Å². The van der Waals surface area contributed by atoms with Gasteiger partial charge in [0.2, 0.25) is 0 Å². The van der Waals surface area contributed by atoms with Gasteiger partial charge in [-0.3, -0.25) is 0 Å². The van der Waals surface area contributed by atoms with Crippen LogP contribution in [-0.2, 0) is 6.54 Å². The SMILES string of the molecule is CCOc1cc(CN)ccc1OCCSC(F)(F)F. The van der Waals surface area contributed by atoms with Gasteiger partial charge in [0.15, 0.2) is 11.5 Å². The first-order valence-corrected chi connectivity index (χ1v) is 6.74. The van der Waals surface area contributed by atoms with Crippen molar-refractivity contribution < 1.29 is 22.6 Å². The lowest BCUT2D eigenvalue weighted by Gasteiger charge is -2.13. The van der Waals surface area contributed by atoms with Crippen LogP contribution in [0.25, 0.3) is 0 Å². The summed E-state index contributed by atoms with van der Waals surface area (Å²) in [6, 6.07) is 5.15. The van der Waals surface area contributed by atoms with Gasteiger partial charge in [-0.1, -0.05) is 6.07 Å². The summed E-state index contributed by atoms with van der Waals surface area (Å²) in [6.07, 6.45) is 0. The van der Waals surface area contributed by atoms with E-state index in [1.165, 1.54) is 0 Å². The lowest BCUT2D eigenvalue weighted by molar-refractivity contribution is -0.0329. The van der Waals surface area contributed by atoms with Gasteiger partial charge in [0, 0.05) is 12.3 Å². The topological polar surface area (TPSA) is 44.5 Å². The van der Waals surface area contributed by atoms with Crippen LogP contribution in [0.15, 0.2) is 18.2 Å². The predicted molar refractivity (Wildman–Crippen MR) is 69.5 cm³/mol. The normalized spacial score (nSPS) is 11.4. The number of ether oxygens (including phenoxy) is 2. The van der Waals surface area contributed by atoms with E-state index in [1.807, 2.05) is 6.92 Å². The second-order valence-corrected chi connectivity index (χ2v) is 4.72. The maximum Gasteiger partial charge on any atom is 0.441 e. The van der Waals surface area contributed by atoms with Crippen LogP contribution < -0.4 is 15.2 Å². The van der Waals surface area contributed by atoms with Crippen LogP contribution in [0.1, 0.15) is 12.5 Å². The zero-order valence-corrected chi connectivity index (χ0v) is 11.3. The molecule has 0 fully saturated rings. The quantitative estimate of drug-likeness (QED) is 0.785.